The second-order valence-electron chi connectivity index (χ2n) is 3.81. The third-order valence-corrected chi connectivity index (χ3v) is 2.75. The first-order chi connectivity index (χ1) is 9.51. The van der Waals surface area contributed by atoms with Gasteiger partial charge in [0, 0.05) is 18.7 Å². The summed E-state index contributed by atoms with van der Waals surface area (Å²) >= 11 is 5.68. The highest BCUT2D eigenvalue weighted by atomic mass is 35.5. The third-order valence-electron chi connectivity index (χ3n) is 2.54. The lowest BCUT2D eigenvalue weighted by atomic mass is 10.3. The van der Waals surface area contributed by atoms with Crippen LogP contribution in [0.25, 0.3) is 0 Å². The SMILES string of the molecule is CCn1cc([N+](=O)[O-])cc1C(=O)Nc1cc(Cl)ncn1. The van der Waals surface area contributed by atoms with Gasteiger partial charge in [0.05, 0.1) is 11.1 Å². The minimum atomic E-state index is -0.551. The molecule has 0 saturated heterocycles. The van der Waals surface area contributed by atoms with Crippen molar-refractivity contribution >= 4 is 29.0 Å². The maximum Gasteiger partial charge on any atom is 0.287 e. The monoisotopic (exact) mass is 295 g/mol. The van der Waals surface area contributed by atoms with Crippen LogP contribution in [0.1, 0.15) is 17.4 Å². The van der Waals surface area contributed by atoms with Crippen LogP contribution < -0.4 is 5.32 Å². The standard InChI is InChI=1S/C11H10ClN5O3/c1-2-16-5-7(17(19)20)3-8(16)11(18)15-10-4-9(12)13-6-14-10/h3-6H,2H2,1H3,(H,13,14,15,18). The van der Waals surface area contributed by atoms with E-state index in [9.17, 15) is 14.9 Å². The Morgan fingerprint density at radius 3 is 2.85 bits per heavy atom. The molecule has 2 rings (SSSR count). The molecule has 0 aliphatic heterocycles. The maximum atomic E-state index is 12.1. The summed E-state index contributed by atoms with van der Waals surface area (Å²) in [5, 5.41) is 13.4. The highest BCUT2D eigenvalue weighted by Gasteiger charge is 2.19. The molecular weight excluding hydrogens is 286 g/mol. The van der Waals surface area contributed by atoms with E-state index in [-0.39, 0.29) is 22.4 Å². The van der Waals surface area contributed by atoms with Crippen LogP contribution in [-0.2, 0) is 6.54 Å². The Labute approximate surface area is 118 Å². The lowest BCUT2D eigenvalue weighted by molar-refractivity contribution is -0.384. The fourth-order valence-electron chi connectivity index (χ4n) is 1.63. The average Bonchev–Trinajstić information content (AvgIpc) is 2.83. The van der Waals surface area contributed by atoms with Gasteiger partial charge in [-0.3, -0.25) is 14.9 Å². The average molecular weight is 296 g/mol. The number of anilines is 1. The van der Waals surface area contributed by atoms with Gasteiger partial charge in [0.15, 0.2) is 0 Å². The smallest absolute Gasteiger partial charge is 0.287 e. The van der Waals surface area contributed by atoms with Gasteiger partial charge < -0.3 is 9.88 Å². The van der Waals surface area contributed by atoms with Gasteiger partial charge in [0.1, 0.15) is 23.0 Å². The molecule has 104 valence electrons. The maximum absolute atomic E-state index is 12.1. The molecule has 0 aromatic carbocycles. The Morgan fingerprint density at radius 1 is 1.50 bits per heavy atom. The molecule has 1 N–H and O–H groups in total. The van der Waals surface area contributed by atoms with Crippen LogP contribution in [-0.4, -0.2) is 25.4 Å². The van der Waals surface area contributed by atoms with E-state index in [1.165, 1.54) is 29.2 Å². The van der Waals surface area contributed by atoms with Crippen molar-refractivity contribution in [3.8, 4) is 0 Å². The van der Waals surface area contributed by atoms with E-state index in [0.717, 1.165) is 0 Å². The Kier molecular flexibility index (Phi) is 3.94. The first kappa shape index (κ1) is 13.9. The van der Waals surface area contributed by atoms with Crippen molar-refractivity contribution in [3.63, 3.8) is 0 Å². The quantitative estimate of drug-likeness (QED) is 0.528. The van der Waals surface area contributed by atoms with Crippen LogP contribution in [0.15, 0.2) is 24.7 Å². The fraction of sp³-hybridized carbons (Fsp3) is 0.182. The Hall–Kier alpha value is -2.48. The summed E-state index contributed by atoms with van der Waals surface area (Å²) < 4.78 is 1.48. The van der Waals surface area contributed by atoms with Crippen LogP contribution in [0.2, 0.25) is 5.15 Å². The lowest BCUT2D eigenvalue weighted by Crippen LogP contribution is -2.17. The van der Waals surface area contributed by atoms with Crippen molar-refractivity contribution < 1.29 is 9.72 Å². The molecule has 0 bridgehead atoms. The molecule has 0 spiro atoms. The van der Waals surface area contributed by atoms with Crippen LogP contribution in [0.4, 0.5) is 11.5 Å². The number of aryl methyl sites for hydroxylation is 1. The molecule has 0 atom stereocenters. The molecule has 8 nitrogen and oxygen atoms in total. The van der Waals surface area contributed by atoms with Gasteiger partial charge in [0.2, 0.25) is 0 Å². The first-order valence-corrected chi connectivity index (χ1v) is 6.02. The zero-order chi connectivity index (χ0) is 14.7. The largest absolute Gasteiger partial charge is 0.337 e. The molecule has 1 amide bonds. The van der Waals surface area contributed by atoms with Crippen molar-refractivity contribution in [1.29, 1.82) is 0 Å². The molecule has 0 unspecified atom stereocenters. The van der Waals surface area contributed by atoms with E-state index in [4.69, 9.17) is 11.6 Å². The van der Waals surface area contributed by atoms with Crippen molar-refractivity contribution in [2.45, 2.75) is 13.5 Å². The number of carbonyl (C=O) groups excluding carboxylic acids is 1. The molecule has 0 saturated carbocycles. The van der Waals surface area contributed by atoms with E-state index in [2.05, 4.69) is 15.3 Å². The van der Waals surface area contributed by atoms with Gasteiger partial charge in [0.25, 0.3) is 11.6 Å². The molecule has 0 aliphatic rings. The molecule has 0 aliphatic carbocycles. The van der Waals surface area contributed by atoms with Crippen molar-refractivity contribution in [2.75, 3.05) is 5.32 Å². The molecule has 20 heavy (non-hydrogen) atoms. The van der Waals surface area contributed by atoms with E-state index in [1.807, 2.05) is 0 Å². The number of nitro groups is 1. The molecule has 2 heterocycles. The lowest BCUT2D eigenvalue weighted by Gasteiger charge is -2.06. The predicted molar refractivity (Wildman–Crippen MR) is 71.8 cm³/mol. The van der Waals surface area contributed by atoms with Gasteiger partial charge in [-0.25, -0.2) is 9.97 Å². The normalized spacial score (nSPS) is 10.3. The van der Waals surface area contributed by atoms with E-state index in [1.54, 1.807) is 6.92 Å². The predicted octanol–water partition coefficient (Wildman–Crippen LogP) is 2.11. The van der Waals surface area contributed by atoms with E-state index >= 15 is 0 Å². The van der Waals surface area contributed by atoms with Crippen molar-refractivity contribution in [1.82, 2.24) is 14.5 Å². The second kappa shape index (κ2) is 5.66. The zero-order valence-corrected chi connectivity index (χ0v) is 11.2. The van der Waals surface area contributed by atoms with Gasteiger partial charge in [-0.2, -0.15) is 0 Å². The highest BCUT2D eigenvalue weighted by molar-refractivity contribution is 6.29. The van der Waals surface area contributed by atoms with Gasteiger partial charge >= 0.3 is 0 Å². The van der Waals surface area contributed by atoms with Crippen molar-refractivity contribution in [3.05, 3.63) is 45.6 Å². The third kappa shape index (κ3) is 2.91. The number of nitrogens with one attached hydrogen (secondary N) is 1. The summed E-state index contributed by atoms with van der Waals surface area (Å²) in [5.41, 5.74) is 0.0339. The minimum Gasteiger partial charge on any atom is -0.337 e. The molecule has 2 aromatic rings. The van der Waals surface area contributed by atoms with Gasteiger partial charge in [-0.05, 0) is 6.92 Å². The van der Waals surface area contributed by atoms with Crippen LogP contribution in [0.5, 0.6) is 0 Å². The Balaban J connectivity index is 2.27. The topological polar surface area (TPSA) is 103 Å². The van der Waals surface area contributed by atoms with E-state index in [0.29, 0.717) is 6.54 Å². The molecule has 0 radical (unpaired) electrons. The number of hydrogen-bond acceptors (Lipinski definition) is 5. The Bertz CT molecular complexity index is 670. The summed E-state index contributed by atoms with van der Waals surface area (Å²) in [5.74, 6) is -0.281. The number of hydrogen-bond donors (Lipinski definition) is 1. The second-order valence-corrected chi connectivity index (χ2v) is 4.19. The summed E-state index contributed by atoms with van der Waals surface area (Å²) in [6, 6.07) is 2.59. The number of halogens is 1. The number of carbonyl (C=O) groups is 1. The molecule has 2 aromatic heterocycles. The fourth-order valence-corrected chi connectivity index (χ4v) is 1.78. The number of aromatic nitrogens is 3. The van der Waals surface area contributed by atoms with Gasteiger partial charge in [-0.1, -0.05) is 11.6 Å². The van der Waals surface area contributed by atoms with Gasteiger partial charge in [-0.15, -0.1) is 0 Å². The van der Waals surface area contributed by atoms with Crippen LogP contribution >= 0.6 is 11.6 Å². The number of rotatable bonds is 4. The summed E-state index contributed by atoms with van der Waals surface area (Å²) in [4.78, 5) is 29.8. The number of nitrogens with zero attached hydrogens (tertiary/aromatic N) is 4. The minimum absolute atomic E-state index is 0.141. The summed E-state index contributed by atoms with van der Waals surface area (Å²) in [6.45, 7) is 2.21. The summed E-state index contributed by atoms with van der Waals surface area (Å²) in [7, 11) is 0. The molecular formula is C11H10ClN5O3. The zero-order valence-electron chi connectivity index (χ0n) is 10.4. The van der Waals surface area contributed by atoms with E-state index < -0.39 is 10.8 Å². The van der Waals surface area contributed by atoms with Crippen LogP contribution in [0, 0.1) is 10.1 Å². The number of amides is 1. The van der Waals surface area contributed by atoms with Crippen molar-refractivity contribution in [2.24, 2.45) is 0 Å². The highest BCUT2D eigenvalue weighted by Crippen LogP contribution is 2.18. The molecule has 9 heteroatoms. The Morgan fingerprint density at radius 2 is 2.25 bits per heavy atom. The summed E-state index contributed by atoms with van der Waals surface area (Å²) in [6.07, 6.45) is 2.52. The van der Waals surface area contributed by atoms with Crippen LogP contribution in [0.3, 0.4) is 0 Å². The molecule has 0 fully saturated rings. The first-order valence-electron chi connectivity index (χ1n) is 5.64.